The summed E-state index contributed by atoms with van der Waals surface area (Å²) in [5, 5.41) is 12.4. The molecule has 0 saturated heterocycles. The topological polar surface area (TPSA) is 81.2 Å². The fourth-order valence-corrected chi connectivity index (χ4v) is 3.23. The van der Waals surface area contributed by atoms with Crippen molar-refractivity contribution < 1.29 is 14.3 Å². The van der Waals surface area contributed by atoms with Crippen LogP contribution in [0.1, 0.15) is 55.9 Å². The third-order valence-corrected chi connectivity index (χ3v) is 4.43. The van der Waals surface area contributed by atoms with Gasteiger partial charge in [0.05, 0.1) is 13.5 Å². The van der Waals surface area contributed by atoms with Crippen LogP contribution in [0.4, 0.5) is 5.13 Å². The monoisotopic (exact) mass is 297 g/mol. The summed E-state index contributed by atoms with van der Waals surface area (Å²) in [4.78, 5) is 22.6. The molecule has 2 rings (SSSR count). The number of esters is 1. The lowest BCUT2D eigenvalue weighted by Gasteiger charge is -2.18. The van der Waals surface area contributed by atoms with E-state index in [0.717, 1.165) is 17.8 Å². The van der Waals surface area contributed by atoms with Gasteiger partial charge in [0.15, 0.2) is 0 Å². The van der Waals surface area contributed by atoms with E-state index < -0.39 is 0 Å². The number of ether oxygens (including phenoxy) is 1. The van der Waals surface area contributed by atoms with Gasteiger partial charge in [-0.3, -0.25) is 9.59 Å². The maximum absolute atomic E-state index is 11.6. The Balaban J connectivity index is 1.82. The molecule has 0 atom stereocenters. The molecule has 0 radical (unpaired) electrons. The summed E-state index contributed by atoms with van der Waals surface area (Å²) in [6.07, 6.45) is 6.28. The summed E-state index contributed by atoms with van der Waals surface area (Å²) in [5.74, 6) is -0.135. The molecule has 1 fully saturated rings. The zero-order chi connectivity index (χ0) is 14.4. The van der Waals surface area contributed by atoms with E-state index in [4.69, 9.17) is 0 Å². The summed E-state index contributed by atoms with van der Waals surface area (Å²) in [6.45, 7) is 0. The van der Waals surface area contributed by atoms with Crippen molar-refractivity contribution in [3.8, 4) is 0 Å². The summed E-state index contributed by atoms with van der Waals surface area (Å²) in [6, 6.07) is 0. The predicted molar refractivity (Wildman–Crippen MR) is 75.6 cm³/mol. The zero-order valence-corrected chi connectivity index (χ0v) is 12.4. The number of carbonyl (C=O) groups excluding carboxylic acids is 2. The lowest BCUT2D eigenvalue weighted by atomic mass is 9.90. The minimum absolute atomic E-state index is 0.0800. The first-order chi connectivity index (χ1) is 9.69. The van der Waals surface area contributed by atoms with Crippen LogP contribution in [0.3, 0.4) is 0 Å². The van der Waals surface area contributed by atoms with Gasteiger partial charge in [-0.2, -0.15) is 0 Å². The van der Waals surface area contributed by atoms with Crippen LogP contribution in [-0.2, 0) is 14.3 Å². The molecule has 0 bridgehead atoms. The number of nitrogens with zero attached hydrogens (tertiary/aromatic N) is 2. The highest BCUT2D eigenvalue weighted by molar-refractivity contribution is 7.15. The van der Waals surface area contributed by atoms with Gasteiger partial charge in [-0.05, 0) is 12.8 Å². The van der Waals surface area contributed by atoms with Crippen molar-refractivity contribution in [2.45, 2.75) is 50.9 Å². The molecule has 0 unspecified atom stereocenters. The molecule has 1 amide bonds. The Morgan fingerprint density at radius 1 is 1.25 bits per heavy atom. The van der Waals surface area contributed by atoms with Gasteiger partial charge < -0.3 is 10.1 Å². The standard InChI is InChI=1S/C13H19N3O3S/c1-19-11(18)8-7-10(17)14-13-16-15-12(20-13)9-5-3-2-4-6-9/h9H,2-8H2,1H3,(H,14,16,17). The second kappa shape index (κ2) is 7.33. The van der Waals surface area contributed by atoms with Crippen molar-refractivity contribution >= 4 is 28.3 Å². The third-order valence-electron chi connectivity index (χ3n) is 3.43. The molecule has 7 heteroatoms. The van der Waals surface area contributed by atoms with Crippen LogP contribution in [0, 0.1) is 0 Å². The molecule has 1 aliphatic carbocycles. The number of methoxy groups -OCH3 is 1. The van der Waals surface area contributed by atoms with Crippen LogP contribution in [0.5, 0.6) is 0 Å². The van der Waals surface area contributed by atoms with Crippen molar-refractivity contribution in [2.75, 3.05) is 12.4 Å². The molecule has 1 aromatic rings. The molecule has 0 aromatic carbocycles. The Morgan fingerprint density at radius 3 is 2.70 bits per heavy atom. The van der Waals surface area contributed by atoms with Gasteiger partial charge in [0.25, 0.3) is 0 Å². The van der Waals surface area contributed by atoms with Crippen molar-refractivity contribution in [2.24, 2.45) is 0 Å². The van der Waals surface area contributed by atoms with Gasteiger partial charge in [-0.15, -0.1) is 10.2 Å². The number of hydrogen-bond donors (Lipinski definition) is 1. The van der Waals surface area contributed by atoms with Gasteiger partial charge in [-0.25, -0.2) is 0 Å². The minimum atomic E-state index is -0.389. The first-order valence-electron chi connectivity index (χ1n) is 6.89. The molecule has 0 spiro atoms. The fourth-order valence-electron chi connectivity index (χ4n) is 2.30. The molecule has 110 valence electrons. The summed E-state index contributed by atoms with van der Waals surface area (Å²) < 4.78 is 4.49. The van der Waals surface area contributed by atoms with Crippen LogP contribution in [-0.4, -0.2) is 29.2 Å². The van der Waals surface area contributed by atoms with Crippen molar-refractivity contribution in [3.05, 3.63) is 5.01 Å². The predicted octanol–water partition coefficient (Wildman–Crippen LogP) is 2.48. The Labute approximate surface area is 121 Å². The SMILES string of the molecule is COC(=O)CCC(=O)Nc1nnc(C2CCCCC2)s1. The number of carbonyl (C=O) groups is 2. The van der Waals surface area contributed by atoms with Crippen LogP contribution < -0.4 is 5.32 Å². The molecule has 6 nitrogen and oxygen atoms in total. The van der Waals surface area contributed by atoms with E-state index in [1.165, 1.54) is 37.7 Å². The number of nitrogens with one attached hydrogen (secondary N) is 1. The highest BCUT2D eigenvalue weighted by Gasteiger charge is 2.20. The molecule has 0 aliphatic heterocycles. The fraction of sp³-hybridized carbons (Fsp3) is 0.692. The molecule has 1 N–H and O–H groups in total. The third kappa shape index (κ3) is 4.26. The van der Waals surface area contributed by atoms with Crippen molar-refractivity contribution in [3.63, 3.8) is 0 Å². The molecule has 1 heterocycles. The molecular weight excluding hydrogens is 278 g/mol. The number of anilines is 1. The second-order valence-electron chi connectivity index (χ2n) is 4.90. The average molecular weight is 297 g/mol. The van der Waals surface area contributed by atoms with E-state index in [1.807, 2.05) is 0 Å². The van der Waals surface area contributed by atoms with Crippen LogP contribution >= 0.6 is 11.3 Å². The molecule has 1 aromatic heterocycles. The van der Waals surface area contributed by atoms with Gasteiger partial charge in [0.2, 0.25) is 11.0 Å². The van der Waals surface area contributed by atoms with Crippen LogP contribution in [0.25, 0.3) is 0 Å². The van der Waals surface area contributed by atoms with Gasteiger partial charge in [0.1, 0.15) is 5.01 Å². The minimum Gasteiger partial charge on any atom is -0.469 e. The summed E-state index contributed by atoms with van der Waals surface area (Å²) in [5.41, 5.74) is 0. The van der Waals surface area contributed by atoms with Gasteiger partial charge in [-0.1, -0.05) is 30.6 Å². The van der Waals surface area contributed by atoms with Crippen molar-refractivity contribution in [1.29, 1.82) is 0 Å². The van der Waals surface area contributed by atoms with Crippen molar-refractivity contribution in [1.82, 2.24) is 10.2 Å². The van der Waals surface area contributed by atoms with E-state index in [0.29, 0.717) is 11.0 Å². The first kappa shape index (κ1) is 14.9. The quantitative estimate of drug-likeness (QED) is 0.844. The smallest absolute Gasteiger partial charge is 0.306 e. The Kier molecular flexibility index (Phi) is 5.46. The molecular formula is C13H19N3O3S. The van der Waals surface area contributed by atoms with Gasteiger partial charge in [0, 0.05) is 12.3 Å². The van der Waals surface area contributed by atoms with Crippen LogP contribution in [0.15, 0.2) is 0 Å². The summed E-state index contributed by atoms with van der Waals surface area (Å²) >= 11 is 1.44. The number of hydrogen-bond acceptors (Lipinski definition) is 6. The lowest BCUT2D eigenvalue weighted by molar-refractivity contribution is -0.141. The Hall–Kier alpha value is -1.50. The molecule has 20 heavy (non-hydrogen) atoms. The van der Waals surface area contributed by atoms with E-state index in [-0.39, 0.29) is 24.7 Å². The molecule has 1 saturated carbocycles. The highest BCUT2D eigenvalue weighted by Crippen LogP contribution is 2.35. The first-order valence-corrected chi connectivity index (χ1v) is 7.70. The summed E-state index contributed by atoms with van der Waals surface area (Å²) in [7, 11) is 1.31. The number of amides is 1. The highest BCUT2D eigenvalue weighted by atomic mass is 32.1. The van der Waals surface area contributed by atoms with Gasteiger partial charge >= 0.3 is 5.97 Å². The van der Waals surface area contributed by atoms with E-state index in [2.05, 4.69) is 20.3 Å². The van der Waals surface area contributed by atoms with E-state index in [1.54, 1.807) is 0 Å². The number of rotatable bonds is 5. The zero-order valence-electron chi connectivity index (χ0n) is 11.6. The van der Waals surface area contributed by atoms with E-state index >= 15 is 0 Å². The lowest BCUT2D eigenvalue weighted by Crippen LogP contribution is -2.13. The maximum atomic E-state index is 11.6. The molecule has 1 aliphatic rings. The van der Waals surface area contributed by atoms with Crippen LogP contribution in [0.2, 0.25) is 0 Å². The number of aromatic nitrogens is 2. The Morgan fingerprint density at radius 2 is 2.00 bits per heavy atom. The average Bonchev–Trinajstić information content (AvgIpc) is 2.94. The largest absolute Gasteiger partial charge is 0.469 e. The Bertz CT molecular complexity index is 469. The second-order valence-corrected chi connectivity index (χ2v) is 5.91. The maximum Gasteiger partial charge on any atom is 0.306 e. The normalized spacial score (nSPS) is 15.8. The van der Waals surface area contributed by atoms with E-state index in [9.17, 15) is 9.59 Å².